The van der Waals surface area contributed by atoms with Crippen molar-refractivity contribution in [2.45, 2.75) is 26.2 Å². The molecule has 0 saturated carbocycles. The molecule has 3 aromatic carbocycles. The topological polar surface area (TPSA) is 65.7 Å². The van der Waals surface area contributed by atoms with Gasteiger partial charge in [0.05, 0.1) is 17.6 Å². The van der Waals surface area contributed by atoms with Crippen molar-refractivity contribution in [3.05, 3.63) is 94.8 Å². The van der Waals surface area contributed by atoms with E-state index in [0.29, 0.717) is 35.3 Å². The molecule has 0 spiro atoms. The number of carbonyl (C=O) groups is 1. The average Bonchev–Trinajstić information content (AvgIpc) is 2.83. The quantitative estimate of drug-likeness (QED) is 0.202. The number of benzene rings is 3. The van der Waals surface area contributed by atoms with Crippen LogP contribution in [0, 0.1) is 0 Å². The average molecular weight is 428 g/mol. The highest BCUT2D eigenvalue weighted by Crippen LogP contribution is 2.23. The highest BCUT2D eigenvalue weighted by Gasteiger charge is 2.11. The molecule has 0 aliphatic rings. The fourth-order valence-corrected chi connectivity index (χ4v) is 3.40. The zero-order chi connectivity index (χ0) is 22.3. The van der Waals surface area contributed by atoms with E-state index in [1.54, 1.807) is 18.2 Å². The first kappa shape index (κ1) is 21.4. The molecule has 0 amide bonds. The molecule has 0 bridgehead atoms. The van der Waals surface area contributed by atoms with Crippen molar-refractivity contribution in [3.63, 3.8) is 0 Å². The largest absolute Gasteiger partial charge is 0.494 e. The van der Waals surface area contributed by atoms with Crippen LogP contribution in [0.4, 0.5) is 0 Å². The van der Waals surface area contributed by atoms with Crippen molar-refractivity contribution >= 4 is 16.9 Å². The number of hydrogen-bond donors (Lipinski definition) is 0. The molecule has 0 N–H and O–H groups in total. The van der Waals surface area contributed by atoms with Crippen molar-refractivity contribution in [1.82, 2.24) is 0 Å². The van der Waals surface area contributed by atoms with Gasteiger partial charge in [-0.1, -0.05) is 49.4 Å². The number of rotatable bonds is 8. The summed E-state index contributed by atoms with van der Waals surface area (Å²) in [6, 6.07) is 22.1. The van der Waals surface area contributed by atoms with Crippen LogP contribution < -0.4 is 14.9 Å². The maximum atomic E-state index is 12.8. The van der Waals surface area contributed by atoms with Crippen LogP contribution in [0.3, 0.4) is 0 Å². The number of carbonyl (C=O) groups excluding carboxylic acids is 1. The number of hydrogen-bond acceptors (Lipinski definition) is 5. The van der Waals surface area contributed by atoms with Gasteiger partial charge in [0.15, 0.2) is 5.43 Å². The van der Waals surface area contributed by atoms with E-state index in [1.807, 2.05) is 54.6 Å². The molecule has 162 valence electrons. The summed E-state index contributed by atoms with van der Waals surface area (Å²) in [4.78, 5) is 25.0. The van der Waals surface area contributed by atoms with E-state index < -0.39 is 0 Å². The van der Waals surface area contributed by atoms with Gasteiger partial charge in [0.1, 0.15) is 23.3 Å². The lowest BCUT2D eigenvalue weighted by Gasteiger charge is -2.08. The van der Waals surface area contributed by atoms with Crippen LogP contribution in [0.1, 0.15) is 25.3 Å². The van der Waals surface area contributed by atoms with Gasteiger partial charge in [-0.2, -0.15) is 0 Å². The van der Waals surface area contributed by atoms with Gasteiger partial charge in [-0.15, -0.1) is 0 Å². The number of ether oxygens (including phenoxy) is 2. The molecule has 0 saturated heterocycles. The molecule has 0 unspecified atom stereocenters. The predicted molar refractivity (Wildman–Crippen MR) is 124 cm³/mol. The van der Waals surface area contributed by atoms with E-state index in [2.05, 4.69) is 6.92 Å². The molecule has 0 aliphatic heterocycles. The minimum Gasteiger partial charge on any atom is -0.494 e. The summed E-state index contributed by atoms with van der Waals surface area (Å²) in [5.41, 5.74) is 2.79. The minimum atomic E-state index is -0.363. The Morgan fingerprint density at radius 1 is 0.938 bits per heavy atom. The zero-order valence-corrected chi connectivity index (χ0v) is 17.9. The molecule has 0 radical (unpaired) electrons. The fourth-order valence-electron chi connectivity index (χ4n) is 3.40. The molecule has 5 heteroatoms. The molecule has 4 aromatic rings. The molecule has 0 fully saturated rings. The van der Waals surface area contributed by atoms with Crippen LogP contribution in [-0.2, 0) is 11.2 Å². The van der Waals surface area contributed by atoms with Crippen molar-refractivity contribution in [1.29, 1.82) is 0 Å². The maximum Gasteiger partial charge on any atom is 0.311 e. The monoisotopic (exact) mass is 428 g/mol. The Morgan fingerprint density at radius 3 is 2.44 bits per heavy atom. The van der Waals surface area contributed by atoms with Crippen LogP contribution in [0.5, 0.6) is 11.5 Å². The van der Waals surface area contributed by atoms with E-state index in [4.69, 9.17) is 13.9 Å². The van der Waals surface area contributed by atoms with Crippen molar-refractivity contribution in [3.8, 4) is 22.6 Å². The summed E-state index contributed by atoms with van der Waals surface area (Å²) >= 11 is 0. The van der Waals surface area contributed by atoms with Gasteiger partial charge in [-0.25, -0.2) is 0 Å². The molecule has 1 heterocycles. The predicted octanol–water partition coefficient (Wildman–Crippen LogP) is 5.79. The first-order valence-electron chi connectivity index (χ1n) is 10.7. The van der Waals surface area contributed by atoms with Gasteiger partial charge in [0, 0.05) is 12.5 Å². The third-order valence-electron chi connectivity index (χ3n) is 5.19. The number of fused-ring (bicyclic) bond motifs is 1. The van der Waals surface area contributed by atoms with E-state index >= 15 is 0 Å². The lowest BCUT2D eigenvalue weighted by Crippen LogP contribution is -2.10. The van der Waals surface area contributed by atoms with E-state index in [0.717, 1.165) is 17.7 Å². The first-order chi connectivity index (χ1) is 15.6. The van der Waals surface area contributed by atoms with Crippen molar-refractivity contribution in [2.24, 2.45) is 0 Å². The van der Waals surface area contributed by atoms with Gasteiger partial charge in [0.25, 0.3) is 0 Å². The van der Waals surface area contributed by atoms with Crippen molar-refractivity contribution < 1.29 is 18.7 Å². The van der Waals surface area contributed by atoms with Crippen LogP contribution in [0.25, 0.3) is 22.1 Å². The maximum absolute atomic E-state index is 12.8. The smallest absolute Gasteiger partial charge is 0.311 e. The Morgan fingerprint density at radius 2 is 1.69 bits per heavy atom. The highest BCUT2D eigenvalue weighted by molar-refractivity contribution is 5.83. The van der Waals surface area contributed by atoms with Gasteiger partial charge in [-0.05, 0) is 48.2 Å². The third kappa shape index (κ3) is 5.06. The number of aryl methyl sites for hydroxylation is 1. The Labute approximate surface area is 186 Å². The summed E-state index contributed by atoms with van der Waals surface area (Å²) in [5.74, 6) is 0.765. The zero-order valence-electron chi connectivity index (χ0n) is 17.9. The SMILES string of the molecule is CCc1ccc(OCCCC(=O)Oc2ccc3c(=O)c(-c4ccccc4)coc3c2)cc1. The Bertz CT molecular complexity index is 1260. The molecular formula is C27H24O5. The molecule has 0 atom stereocenters. The second-order valence-electron chi connectivity index (χ2n) is 7.43. The second-order valence-corrected chi connectivity index (χ2v) is 7.43. The Kier molecular flexibility index (Phi) is 6.66. The van der Waals surface area contributed by atoms with Crippen LogP contribution >= 0.6 is 0 Å². The van der Waals surface area contributed by atoms with Crippen LogP contribution in [0.15, 0.2) is 88.3 Å². The molecule has 1 aromatic heterocycles. The third-order valence-corrected chi connectivity index (χ3v) is 5.19. The standard InChI is InChI=1S/C27H24O5/c1-2-19-10-12-21(13-11-19)30-16-6-9-26(28)32-22-14-15-23-25(17-22)31-18-24(27(23)29)20-7-4-3-5-8-20/h3-5,7-8,10-15,17-18H,2,6,9,16H2,1H3. The van der Waals surface area contributed by atoms with Gasteiger partial charge in [0.2, 0.25) is 0 Å². The molecule has 32 heavy (non-hydrogen) atoms. The lowest BCUT2D eigenvalue weighted by atomic mass is 10.1. The van der Waals surface area contributed by atoms with Crippen LogP contribution in [-0.4, -0.2) is 12.6 Å². The lowest BCUT2D eigenvalue weighted by molar-refractivity contribution is -0.134. The number of esters is 1. The molecule has 5 nitrogen and oxygen atoms in total. The normalized spacial score (nSPS) is 10.8. The molecular weight excluding hydrogens is 404 g/mol. The summed E-state index contributed by atoms with van der Waals surface area (Å²) in [7, 11) is 0. The summed E-state index contributed by atoms with van der Waals surface area (Å²) < 4.78 is 16.7. The summed E-state index contributed by atoms with van der Waals surface area (Å²) in [6.45, 7) is 2.53. The van der Waals surface area contributed by atoms with Gasteiger partial charge < -0.3 is 13.9 Å². The van der Waals surface area contributed by atoms with Crippen LogP contribution in [0.2, 0.25) is 0 Å². The molecule has 4 rings (SSSR count). The van der Waals surface area contributed by atoms with E-state index in [1.165, 1.54) is 11.8 Å². The highest BCUT2D eigenvalue weighted by atomic mass is 16.5. The summed E-state index contributed by atoms with van der Waals surface area (Å²) in [5, 5.41) is 0.439. The van der Waals surface area contributed by atoms with E-state index in [9.17, 15) is 9.59 Å². The minimum absolute atomic E-state index is 0.126. The van der Waals surface area contributed by atoms with Gasteiger partial charge in [-0.3, -0.25) is 9.59 Å². The van der Waals surface area contributed by atoms with Crippen molar-refractivity contribution in [2.75, 3.05) is 6.61 Å². The van der Waals surface area contributed by atoms with Gasteiger partial charge >= 0.3 is 5.97 Å². The first-order valence-corrected chi connectivity index (χ1v) is 10.7. The Balaban J connectivity index is 1.34. The fraction of sp³-hybridized carbons (Fsp3) is 0.185. The van der Waals surface area contributed by atoms with E-state index in [-0.39, 0.29) is 17.8 Å². The summed E-state index contributed by atoms with van der Waals surface area (Å²) in [6.07, 6.45) is 3.19. The Hall–Kier alpha value is -3.86. The second kappa shape index (κ2) is 9.96. The molecule has 0 aliphatic carbocycles.